The Labute approximate surface area is 205 Å². The van der Waals surface area contributed by atoms with Crippen molar-refractivity contribution in [2.75, 3.05) is 5.32 Å². The van der Waals surface area contributed by atoms with E-state index in [9.17, 15) is 27.5 Å². The fraction of sp³-hybridized carbons (Fsp3) is 0.167. The number of carboxylic acids is 1. The van der Waals surface area contributed by atoms with Gasteiger partial charge in [-0.15, -0.1) is 0 Å². The Hall–Kier alpha value is -3.63. The third-order valence-electron chi connectivity index (χ3n) is 5.02. The number of hydrogen-bond acceptors (Lipinski definition) is 6. The second-order valence-corrected chi connectivity index (χ2v) is 10.1. The van der Waals surface area contributed by atoms with E-state index in [0.717, 1.165) is 24.3 Å². The van der Waals surface area contributed by atoms with E-state index in [-0.39, 0.29) is 27.1 Å². The van der Waals surface area contributed by atoms with E-state index in [1.54, 1.807) is 6.92 Å². The van der Waals surface area contributed by atoms with Crippen LogP contribution in [-0.4, -0.2) is 30.5 Å². The number of carbonyl (C=O) groups excluding carboxylic acids is 1. The number of aliphatic carboxylic acids is 1. The maximum Gasteiger partial charge on any atom is 0.315 e. The van der Waals surface area contributed by atoms with E-state index >= 15 is 0 Å². The lowest BCUT2D eigenvalue weighted by atomic mass is 10.1. The molecule has 1 atom stereocenters. The van der Waals surface area contributed by atoms with Crippen LogP contribution in [0, 0.1) is 18.7 Å². The SMILES string of the molecule is Cc1cc(NC(=O)C(C)C(=O)O)cc(Cl)c1Oc1ccc(O)c(S(=O)(=O)Cc2ccc(F)cc2)c1. The van der Waals surface area contributed by atoms with Gasteiger partial charge in [0.1, 0.15) is 33.9 Å². The molecule has 3 aromatic rings. The highest BCUT2D eigenvalue weighted by Crippen LogP contribution is 2.38. The van der Waals surface area contributed by atoms with Crippen LogP contribution in [0.5, 0.6) is 17.2 Å². The van der Waals surface area contributed by atoms with E-state index in [1.807, 2.05) is 0 Å². The minimum Gasteiger partial charge on any atom is -0.507 e. The Balaban J connectivity index is 1.85. The summed E-state index contributed by atoms with van der Waals surface area (Å²) in [7, 11) is -4.01. The maximum atomic E-state index is 13.1. The first-order valence-corrected chi connectivity index (χ1v) is 12.2. The summed E-state index contributed by atoms with van der Waals surface area (Å²) in [6.07, 6.45) is 0. The molecule has 0 heterocycles. The number of phenolic OH excluding ortho intramolecular Hbond substituents is 1. The average molecular weight is 522 g/mol. The molecule has 1 amide bonds. The lowest BCUT2D eigenvalue weighted by Crippen LogP contribution is -2.26. The van der Waals surface area contributed by atoms with E-state index in [0.29, 0.717) is 11.1 Å². The van der Waals surface area contributed by atoms with Crippen LogP contribution < -0.4 is 10.1 Å². The van der Waals surface area contributed by atoms with Gasteiger partial charge >= 0.3 is 5.97 Å². The highest BCUT2D eigenvalue weighted by molar-refractivity contribution is 7.90. The molecule has 0 aliphatic rings. The molecular weight excluding hydrogens is 501 g/mol. The van der Waals surface area contributed by atoms with Crippen molar-refractivity contribution in [3.05, 3.63) is 76.6 Å². The quantitative estimate of drug-likeness (QED) is 0.359. The summed E-state index contributed by atoms with van der Waals surface area (Å²) in [6.45, 7) is 2.88. The maximum absolute atomic E-state index is 13.1. The predicted octanol–water partition coefficient (Wildman–Crippen LogP) is 4.92. The number of phenols is 1. The summed E-state index contributed by atoms with van der Waals surface area (Å²) in [4.78, 5) is 22.6. The van der Waals surface area contributed by atoms with Crippen molar-refractivity contribution >= 4 is 39.0 Å². The molecule has 0 aromatic heterocycles. The monoisotopic (exact) mass is 521 g/mol. The van der Waals surface area contributed by atoms with Gasteiger partial charge in [-0.05, 0) is 61.4 Å². The molecule has 0 aliphatic carbocycles. The van der Waals surface area contributed by atoms with Gasteiger partial charge in [-0.2, -0.15) is 0 Å². The van der Waals surface area contributed by atoms with Gasteiger partial charge in [0.2, 0.25) is 5.91 Å². The standard InChI is InChI=1S/C24H21ClFNO7S/c1-13-9-17(27-23(29)14(2)24(30)31)10-19(25)22(13)34-18-7-8-20(28)21(11-18)35(32,33)12-15-3-5-16(26)6-4-15/h3-11,14,28H,12H2,1-2H3,(H,27,29)(H,30,31). The Morgan fingerprint density at radius 2 is 1.77 bits per heavy atom. The van der Waals surface area contributed by atoms with Gasteiger partial charge in [0.15, 0.2) is 9.84 Å². The Morgan fingerprint density at radius 1 is 1.11 bits per heavy atom. The van der Waals surface area contributed by atoms with Crippen molar-refractivity contribution in [1.82, 2.24) is 0 Å². The Morgan fingerprint density at radius 3 is 2.37 bits per heavy atom. The number of aryl methyl sites for hydroxylation is 1. The van der Waals surface area contributed by atoms with Gasteiger partial charge in [-0.1, -0.05) is 23.7 Å². The minimum atomic E-state index is -4.01. The van der Waals surface area contributed by atoms with Gasteiger partial charge in [0.05, 0.1) is 10.8 Å². The molecule has 8 nitrogen and oxygen atoms in total. The van der Waals surface area contributed by atoms with Crippen molar-refractivity contribution in [2.45, 2.75) is 24.5 Å². The molecule has 11 heteroatoms. The summed E-state index contributed by atoms with van der Waals surface area (Å²) in [5.74, 6) is -4.47. The fourth-order valence-corrected chi connectivity index (χ4v) is 4.87. The van der Waals surface area contributed by atoms with Crippen LogP contribution in [0.25, 0.3) is 0 Å². The summed E-state index contributed by atoms with van der Waals surface area (Å²) in [6, 6.07) is 11.5. The summed E-state index contributed by atoms with van der Waals surface area (Å²) < 4.78 is 44.7. The number of rotatable bonds is 8. The predicted molar refractivity (Wildman–Crippen MR) is 127 cm³/mol. The van der Waals surface area contributed by atoms with Crippen LogP contribution in [0.3, 0.4) is 0 Å². The van der Waals surface area contributed by atoms with Crippen LogP contribution in [0.15, 0.2) is 59.5 Å². The number of aromatic hydroxyl groups is 1. The minimum absolute atomic E-state index is 0.0711. The average Bonchev–Trinajstić information content (AvgIpc) is 2.78. The molecule has 3 rings (SSSR count). The van der Waals surface area contributed by atoms with E-state index in [1.165, 1.54) is 37.3 Å². The number of carboxylic acid groups (broad SMARTS) is 1. The Kier molecular flexibility index (Phi) is 7.67. The van der Waals surface area contributed by atoms with Gasteiger partial charge in [0, 0.05) is 11.8 Å². The summed E-state index contributed by atoms with van der Waals surface area (Å²) in [5.41, 5.74) is 1.07. The molecule has 3 N–H and O–H groups in total. The van der Waals surface area contributed by atoms with Crippen molar-refractivity contribution in [3.63, 3.8) is 0 Å². The number of sulfone groups is 1. The molecule has 0 saturated carbocycles. The number of amides is 1. The summed E-state index contributed by atoms with van der Waals surface area (Å²) >= 11 is 6.30. The van der Waals surface area contributed by atoms with Gasteiger partial charge in [0.25, 0.3) is 0 Å². The molecule has 0 fully saturated rings. The van der Waals surface area contributed by atoms with E-state index < -0.39 is 45.0 Å². The molecular formula is C24H21ClFNO7S. The van der Waals surface area contributed by atoms with Gasteiger partial charge in [-0.3, -0.25) is 9.59 Å². The largest absolute Gasteiger partial charge is 0.507 e. The molecule has 0 bridgehead atoms. The third kappa shape index (κ3) is 6.28. The van der Waals surface area contributed by atoms with E-state index in [2.05, 4.69) is 5.32 Å². The lowest BCUT2D eigenvalue weighted by Gasteiger charge is -2.15. The number of anilines is 1. The number of benzene rings is 3. The first-order chi connectivity index (χ1) is 16.4. The fourth-order valence-electron chi connectivity index (χ4n) is 3.10. The zero-order valence-corrected chi connectivity index (χ0v) is 20.2. The highest BCUT2D eigenvalue weighted by Gasteiger charge is 2.23. The zero-order chi connectivity index (χ0) is 25.9. The van der Waals surface area contributed by atoms with Crippen LogP contribution in [-0.2, 0) is 25.2 Å². The third-order valence-corrected chi connectivity index (χ3v) is 7.01. The van der Waals surface area contributed by atoms with E-state index in [4.69, 9.17) is 21.4 Å². The van der Waals surface area contributed by atoms with Gasteiger partial charge in [-0.25, -0.2) is 12.8 Å². The second-order valence-electron chi connectivity index (χ2n) is 7.77. The molecule has 0 spiro atoms. The molecule has 35 heavy (non-hydrogen) atoms. The smallest absolute Gasteiger partial charge is 0.315 e. The van der Waals surface area contributed by atoms with Gasteiger partial charge < -0.3 is 20.3 Å². The molecule has 0 radical (unpaired) electrons. The molecule has 1 unspecified atom stereocenters. The van der Waals surface area contributed by atoms with Crippen molar-refractivity contribution in [1.29, 1.82) is 0 Å². The normalized spacial score (nSPS) is 12.1. The lowest BCUT2D eigenvalue weighted by molar-refractivity contribution is -0.144. The molecule has 3 aromatic carbocycles. The van der Waals surface area contributed by atoms with Crippen molar-refractivity contribution in [2.24, 2.45) is 5.92 Å². The number of halogens is 2. The van der Waals surface area contributed by atoms with Crippen molar-refractivity contribution < 1.29 is 37.3 Å². The first-order valence-electron chi connectivity index (χ1n) is 10.2. The number of ether oxygens (including phenoxy) is 1. The molecule has 184 valence electrons. The van der Waals surface area contributed by atoms with Crippen LogP contribution in [0.4, 0.5) is 10.1 Å². The van der Waals surface area contributed by atoms with Crippen LogP contribution in [0.2, 0.25) is 5.02 Å². The van der Waals surface area contributed by atoms with Crippen molar-refractivity contribution in [3.8, 4) is 17.2 Å². The molecule has 0 aliphatic heterocycles. The molecule has 0 saturated heterocycles. The Bertz CT molecular complexity index is 1370. The highest BCUT2D eigenvalue weighted by atomic mass is 35.5. The second kappa shape index (κ2) is 10.3. The van der Waals surface area contributed by atoms with Crippen LogP contribution >= 0.6 is 11.6 Å². The topological polar surface area (TPSA) is 130 Å². The number of carbonyl (C=O) groups is 2. The number of hydrogen-bond donors (Lipinski definition) is 3. The number of nitrogens with one attached hydrogen (secondary N) is 1. The summed E-state index contributed by atoms with van der Waals surface area (Å²) in [5, 5.41) is 21.7. The first kappa shape index (κ1) is 26.0. The zero-order valence-electron chi connectivity index (χ0n) is 18.6. The van der Waals surface area contributed by atoms with Crippen LogP contribution in [0.1, 0.15) is 18.1 Å².